The third-order valence-electron chi connectivity index (χ3n) is 1.95. The Hall–Kier alpha value is -1.42. The van der Waals surface area contributed by atoms with Gasteiger partial charge in [-0.3, -0.25) is 0 Å². The van der Waals surface area contributed by atoms with Gasteiger partial charge in [-0.25, -0.2) is 0 Å². The molecule has 1 aromatic carbocycles. The first-order chi connectivity index (χ1) is 5.95. The van der Waals surface area contributed by atoms with Crippen LogP contribution in [0.15, 0.2) is 24.4 Å². The molecule has 4 heteroatoms. The minimum Gasteiger partial charge on any atom is -0.361 e. The van der Waals surface area contributed by atoms with Gasteiger partial charge in [0, 0.05) is 17.1 Å². The number of nitrogens with zero attached hydrogens (tertiary/aromatic N) is 2. The zero-order chi connectivity index (χ0) is 7.97. The third-order valence-corrected chi connectivity index (χ3v) is 2.64. The molecule has 3 rings (SSSR count). The van der Waals surface area contributed by atoms with Crippen LogP contribution in [0.4, 0.5) is 0 Å². The molecule has 58 valence electrons. The zero-order valence-corrected chi connectivity index (χ0v) is 6.93. The van der Waals surface area contributed by atoms with Gasteiger partial charge in [-0.15, -0.1) is 5.10 Å². The smallest absolute Gasteiger partial charge is 0.115 e. The largest absolute Gasteiger partial charge is 0.361 e. The van der Waals surface area contributed by atoms with E-state index in [0.717, 1.165) is 21.1 Å². The zero-order valence-electron chi connectivity index (χ0n) is 6.11. The fraction of sp³-hybridized carbons (Fsp3) is 0. The molecule has 2 heterocycles. The van der Waals surface area contributed by atoms with Gasteiger partial charge in [-0.1, -0.05) is 4.49 Å². The van der Waals surface area contributed by atoms with Crippen molar-refractivity contribution in [2.45, 2.75) is 0 Å². The lowest BCUT2D eigenvalue weighted by Gasteiger charge is -1.88. The Morgan fingerprint density at radius 2 is 2.25 bits per heavy atom. The second kappa shape index (κ2) is 2.04. The average molecular weight is 175 g/mol. The van der Waals surface area contributed by atoms with E-state index in [4.69, 9.17) is 0 Å². The molecule has 3 aromatic rings. The van der Waals surface area contributed by atoms with E-state index in [2.05, 4.69) is 20.6 Å². The Morgan fingerprint density at radius 1 is 1.25 bits per heavy atom. The van der Waals surface area contributed by atoms with Crippen molar-refractivity contribution >= 4 is 32.7 Å². The number of nitrogens with one attached hydrogen (secondary N) is 1. The van der Waals surface area contributed by atoms with Gasteiger partial charge in [-0.2, -0.15) is 0 Å². The van der Waals surface area contributed by atoms with Crippen molar-refractivity contribution in [3.8, 4) is 0 Å². The van der Waals surface area contributed by atoms with Gasteiger partial charge in [0.1, 0.15) is 5.52 Å². The van der Waals surface area contributed by atoms with Crippen molar-refractivity contribution in [3.05, 3.63) is 24.4 Å². The molecule has 3 nitrogen and oxygen atoms in total. The first-order valence-corrected chi connectivity index (χ1v) is 4.41. The molecule has 0 radical (unpaired) electrons. The maximum atomic E-state index is 4.07. The van der Waals surface area contributed by atoms with Crippen LogP contribution in [0.1, 0.15) is 0 Å². The lowest BCUT2D eigenvalue weighted by molar-refractivity contribution is 1.20. The Morgan fingerprint density at radius 3 is 3.25 bits per heavy atom. The van der Waals surface area contributed by atoms with Crippen molar-refractivity contribution in [2.24, 2.45) is 0 Å². The van der Waals surface area contributed by atoms with Crippen molar-refractivity contribution in [2.75, 3.05) is 0 Å². The van der Waals surface area contributed by atoms with E-state index in [1.54, 1.807) is 0 Å². The molecule has 0 atom stereocenters. The first kappa shape index (κ1) is 6.14. The SMILES string of the molecule is c1cc2c(ccc3snnc32)[nH]1. The molecule has 0 saturated heterocycles. The van der Waals surface area contributed by atoms with Crippen molar-refractivity contribution < 1.29 is 0 Å². The molecular weight excluding hydrogens is 170 g/mol. The van der Waals surface area contributed by atoms with Gasteiger partial charge in [0.2, 0.25) is 0 Å². The standard InChI is InChI=1S/C8H5N3S/c1-2-7-8(10-11-12-7)5-3-4-9-6(1)5/h1-4,9H. The fourth-order valence-electron chi connectivity index (χ4n) is 1.38. The second-order valence-electron chi connectivity index (χ2n) is 2.62. The van der Waals surface area contributed by atoms with E-state index in [1.165, 1.54) is 11.5 Å². The predicted molar refractivity (Wildman–Crippen MR) is 49.3 cm³/mol. The first-order valence-electron chi connectivity index (χ1n) is 3.63. The van der Waals surface area contributed by atoms with Crippen LogP contribution in [0.5, 0.6) is 0 Å². The summed E-state index contributed by atoms with van der Waals surface area (Å²) in [7, 11) is 0. The molecular formula is C8H5N3S. The van der Waals surface area contributed by atoms with E-state index in [-0.39, 0.29) is 0 Å². The highest BCUT2D eigenvalue weighted by atomic mass is 32.1. The lowest BCUT2D eigenvalue weighted by atomic mass is 10.2. The van der Waals surface area contributed by atoms with Crippen LogP contribution >= 0.6 is 11.5 Å². The summed E-state index contributed by atoms with van der Waals surface area (Å²) in [6.07, 6.45) is 1.92. The topological polar surface area (TPSA) is 41.6 Å². The summed E-state index contributed by atoms with van der Waals surface area (Å²) in [5.41, 5.74) is 2.12. The highest BCUT2D eigenvalue weighted by molar-refractivity contribution is 7.13. The number of fused-ring (bicyclic) bond motifs is 3. The lowest BCUT2D eigenvalue weighted by Crippen LogP contribution is -1.70. The molecule has 0 fully saturated rings. The Balaban J connectivity index is 2.71. The molecule has 1 N–H and O–H groups in total. The van der Waals surface area contributed by atoms with Crippen LogP contribution in [0.2, 0.25) is 0 Å². The van der Waals surface area contributed by atoms with Gasteiger partial charge in [-0.05, 0) is 29.7 Å². The van der Waals surface area contributed by atoms with E-state index in [0.29, 0.717) is 0 Å². The van der Waals surface area contributed by atoms with Crippen molar-refractivity contribution in [1.82, 2.24) is 14.6 Å². The number of aromatic amines is 1. The summed E-state index contributed by atoms with van der Waals surface area (Å²) in [6, 6.07) is 6.12. The molecule has 0 bridgehead atoms. The van der Waals surface area contributed by atoms with E-state index < -0.39 is 0 Å². The quantitative estimate of drug-likeness (QED) is 0.569. The molecule has 2 aromatic heterocycles. The van der Waals surface area contributed by atoms with Crippen LogP contribution in [-0.2, 0) is 0 Å². The summed E-state index contributed by atoms with van der Waals surface area (Å²) in [5, 5.41) is 5.22. The van der Waals surface area contributed by atoms with Crippen LogP contribution in [0, 0.1) is 0 Å². The average Bonchev–Trinajstić information content (AvgIpc) is 2.71. The Bertz CT molecular complexity index is 487. The summed E-state index contributed by atoms with van der Waals surface area (Å²) in [6.45, 7) is 0. The van der Waals surface area contributed by atoms with Crippen LogP contribution in [-0.4, -0.2) is 14.6 Å². The number of rotatable bonds is 0. The number of hydrogen-bond acceptors (Lipinski definition) is 3. The summed E-state index contributed by atoms with van der Waals surface area (Å²) >= 11 is 1.43. The van der Waals surface area contributed by atoms with Crippen molar-refractivity contribution in [3.63, 3.8) is 0 Å². The Labute approximate surface area is 72.2 Å². The molecule has 0 unspecified atom stereocenters. The van der Waals surface area contributed by atoms with Crippen LogP contribution in [0.25, 0.3) is 21.1 Å². The van der Waals surface area contributed by atoms with Gasteiger partial charge in [0.05, 0.1) is 4.70 Å². The summed E-state index contributed by atoms with van der Waals surface area (Å²) in [5.74, 6) is 0. The van der Waals surface area contributed by atoms with E-state index >= 15 is 0 Å². The summed E-state index contributed by atoms with van der Waals surface area (Å²) in [4.78, 5) is 3.14. The number of hydrogen-bond donors (Lipinski definition) is 1. The second-order valence-corrected chi connectivity index (χ2v) is 3.41. The van der Waals surface area contributed by atoms with Gasteiger partial charge < -0.3 is 4.98 Å². The minimum atomic E-state index is 0.999. The third kappa shape index (κ3) is 0.648. The van der Waals surface area contributed by atoms with E-state index in [1.807, 2.05) is 18.3 Å². The molecule has 0 aliphatic rings. The maximum Gasteiger partial charge on any atom is 0.115 e. The molecule has 12 heavy (non-hydrogen) atoms. The van der Waals surface area contributed by atoms with Gasteiger partial charge in [0.25, 0.3) is 0 Å². The maximum absolute atomic E-state index is 4.07. The van der Waals surface area contributed by atoms with Crippen LogP contribution in [0.3, 0.4) is 0 Å². The highest BCUT2D eigenvalue weighted by Crippen LogP contribution is 2.24. The molecule has 0 aliphatic carbocycles. The van der Waals surface area contributed by atoms with Crippen molar-refractivity contribution in [1.29, 1.82) is 0 Å². The highest BCUT2D eigenvalue weighted by Gasteiger charge is 2.03. The van der Waals surface area contributed by atoms with Gasteiger partial charge >= 0.3 is 0 Å². The number of aromatic nitrogens is 3. The number of benzene rings is 1. The molecule has 0 amide bonds. The summed E-state index contributed by atoms with van der Waals surface area (Å²) < 4.78 is 5.05. The Kier molecular flexibility index (Phi) is 1.04. The number of H-pyrrole nitrogens is 1. The van der Waals surface area contributed by atoms with Crippen LogP contribution < -0.4 is 0 Å². The van der Waals surface area contributed by atoms with E-state index in [9.17, 15) is 0 Å². The molecule has 0 spiro atoms. The van der Waals surface area contributed by atoms with Gasteiger partial charge in [0.15, 0.2) is 0 Å². The monoisotopic (exact) mass is 175 g/mol. The molecule has 0 saturated carbocycles. The normalized spacial score (nSPS) is 11.3. The molecule has 0 aliphatic heterocycles. The predicted octanol–water partition coefficient (Wildman–Crippen LogP) is 2.17. The minimum absolute atomic E-state index is 0.999. The fourth-order valence-corrected chi connectivity index (χ4v) is 1.96.